The van der Waals surface area contributed by atoms with Gasteiger partial charge >= 0.3 is 0 Å². The van der Waals surface area contributed by atoms with Crippen molar-refractivity contribution in [3.63, 3.8) is 0 Å². The van der Waals surface area contributed by atoms with Crippen LogP contribution in [0, 0.1) is 5.82 Å². The van der Waals surface area contributed by atoms with Crippen LogP contribution < -0.4 is 4.74 Å². The lowest BCUT2D eigenvalue weighted by Gasteiger charge is -2.35. The van der Waals surface area contributed by atoms with Crippen molar-refractivity contribution < 1.29 is 13.6 Å². The van der Waals surface area contributed by atoms with Gasteiger partial charge < -0.3 is 9.16 Å². The van der Waals surface area contributed by atoms with Crippen molar-refractivity contribution in [1.29, 1.82) is 0 Å². The third-order valence-corrected chi connectivity index (χ3v) is 8.63. The number of halogens is 2. The van der Waals surface area contributed by atoms with Crippen molar-refractivity contribution in [3.05, 3.63) is 41.2 Å². The molecule has 0 amide bonds. The molecule has 2 nitrogen and oxygen atoms in total. The van der Waals surface area contributed by atoms with Crippen LogP contribution in [0.5, 0.6) is 5.75 Å². The highest BCUT2D eigenvalue weighted by Gasteiger charge is 2.36. The van der Waals surface area contributed by atoms with Crippen LogP contribution in [-0.2, 0) is 4.43 Å². The normalized spacial score (nSPS) is 12.9. The molecule has 0 saturated carbocycles. The minimum Gasteiger partial charge on any atom is -0.488 e. The van der Waals surface area contributed by atoms with Crippen LogP contribution in [0.15, 0.2) is 30.4 Å². The van der Waals surface area contributed by atoms with E-state index in [1.54, 1.807) is 12.1 Å². The third-order valence-electron chi connectivity index (χ3n) is 3.76. The van der Waals surface area contributed by atoms with E-state index in [2.05, 4.69) is 33.9 Å². The van der Waals surface area contributed by atoms with E-state index < -0.39 is 14.1 Å². The first kappa shape index (κ1) is 18.2. The average Bonchev–Trinajstić information content (AvgIpc) is 2.37. The van der Waals surface area contributed by atoms with Crippen LogP contribution in [-0.4, -0.2) is 21.5 Å². The van der Waals surface area contributed by atoms with E-state index in [0.717, 1.165) is 0 Å². The first-order chi connectivity index (χ1) is 9.65. The Bertz CT molecular complexity index is 496. The summed E-state index contributed by atoms with van der Waals surface area (Å²) in [5, 5.41) is 0.218. The minimum atomic E-state index is -1.71. The van der Waals surface area contributed by atoms with Crippen molar-refractivity contribution in [2.45, 2.75) is 38.9 Å². The summed E-state index contributed by atoms with van der Waals surface area (Å²) >= 11 is 5.80. The maximum absolute atomic E-state index is 13.2. The fourth-order valence-corrected chi connectivity index (χ4v) is 2.47. The zero-order chi connectivity index (χ0) is 16.1. The van der Waals surface area contributed by atoms with Gasteiger partial charge in [-0.1, -0.05) is 44.5 Å². The average molecular weight is 331 g/mol. The van der Waals surface area contributed by atoms with E-state index in [1.165, 1.54) is 6.07 Å². The molecule has 0 N–H and O–H groups in total. The minimum absolute atomic E-state index is 0.0171. The van der Waals surface area contributed by atoms with Crippen molar-refractivity contribution in [3.8, 4) is 5.75 Å². The zero-order valence-corrected chi connectivity index (χ0v) is 15.1. The molecule has 1 aromatic carbocycles. The summed E-state index contributed by atoms with van der Waals surface area (Å²) in [5.74, 6) is -0.119. The first-order valence-electron chi connectivity index (χ1n) is 7.01. The number of hydrogen-bond donors (Lipinski definition) is 0. The molecule has 1 aromatic rings. The molecule has 0 saturated heterocycles. The molecule has 0 aliphatic carbocycles. The van der Waals surface area contributed by atoms with Gasteiger partial charge in [-0.05, 0) is 36.3 Å². The Morgan fingerprint density at radius 2 is 1.81 bits per heavy atom. The molecule has 0 radical (unpaired) electrons. The molecule has 0 heterocycles. The maximum atomic E-state index is 13.2. The molecular formula is C16H24ClFO2Si. The van der Waals surface area contributed by atoms with Gasteiger partial charge in [-0.3, -0.25) is 0 Å². The predicted octanol–water partition coefficient (Wildman–Crippen LogP) is 5.44. The SMILES string of the molecule is CC(C)(C)[Si](C)(C)OC/C=C\COc1cccc(F)c1Cl. The molecule has 118 valence electrons. The third kappa shape index (κ3) is 5.45. The Morgan fingerprint density at radius 3 is 2.43 bits per heavy atom. The van der Waals surface area contributed by atoms with Gasteiger partial charge in [0.15, 0.2) is 8.32 Å². The summed E-state index contributed by atoms with van der Waals surface area (Å²) < 4.78 is 24.6. The summed E-state index contributed by atoms with van der Waals surface area (Å²) in [4.78, 5) is 0. The summed E-state index contributed by atoms with van der Waals surface area (Å²) in [6, 6.07) is 4.52. The van der Waals surface area contributed by atoms with Crippen molar-refractivity contribution in [2.75, 3.05) is 13.2 Å². The Hall–Kier alpha value is -0.843. The Morgan fingerprint density at radius 1 is 1.19 bits per heavy atom. The Kier molecular flexibility index (Phi) is 6.44. The van der Waals surface area contributed by atoms with Crippen molar-refractivity contribution in [2.24, 2.45) is 0 Å². The van der Waals surface area contributed by atoms with Gasteiger partial charge in [-0.15, -0.1) is 0 Å². The molecule has 0 fully saturated rings. The second-order valence-corrected chi connectivity index (χ2v) is 11.6. The van der Waals surface area contributed by atoms with Crippen molar-refractivity contribution >= 4 is 19.9 Å². The van der Waals surface area contributed by atoms with E-state index in [9.17, 15) is 4.39 Å². The zero-order valence-electron chi connectivity index (χ0n) is 13.4. The van der Waals surface area contributed by atoms with Gasteiger partial charge in [0.1, 0.15) is 23.2 Å². The van der Waals surface area contributed by atoms with Crippen molar-refractivity contribution in [1.82, 2.24) is 0 Å². The van der Waals surface area contributed by atoms with Crippen LogP contribution in [0.3, 0.4) is 0 Å². The monoisotopic (exact) mass is 330 g/mol. The molecule has 0 aromatic heterocycles. The van der Waals surface area contributed by atoms with Gasteiger partial charge in [-0.25, -0.2) is 4.39 Å². The fraction of sp³-hybridized carbons (Fsp3) is 0.500. The lowest BCUT2D eigenvalue weighted by Crippen LogP contribution is -2.40. The molecule has 1 rings (SSSR count). The molecule has 0 unspecified atom stereocenters. The van der Waals surface area contributed by atoms with E-state index >= 15 is 0 Å². The lowest BCUT2D eigenvalue weighted by atomic mass is 10.2. The lowest BCUT2D eigenvalue weighted by molar-refractivity contribution is 0.324. The largest absolute Gasteiger partial charge is 0.488 e. The highest BCUT2D eigenvalue weighted by atomic mass is 35.5. The van der Waals surface area contributed by atoms with Gasteiger partial charge in [0.2, 0.25) is 0 Å². The highest BCUT2D eigenvalue weighted by molar-refractivity contribution is 6.74. The van der Waals surface area contributed by atoms with Gasteiger partial charge in [-0.2, -0.15) is 0 Å². The van der Waals surface area contributed by atoms with E-state index in [4.69, 9.17) is 20.8 Å². The number of rotatable bonds is 6. The Balaban J connectivity index is 2.38. The van der Waals surface area contributed by atoms with E-state index in [1.807, 2.05) is 12.2 Å². The van der Waals surface area contributed by atoms with Gasteiger partial charge in [0.05, 0.1) is 6.61 Å². The fourth-order valence-electron chi connectivity index (χ4n) is 1.34. The van der Waals surface area contributed by atoms with Crippen LogP contribution in [0.4, 0.5) is 4.39 Å². The predicted molar refractivity (Wildman–Crippen MR) is 89.2 cm³/mol. The number of hydrogen-bond acceptors (Lipinski definition) is 2. The first-order valence-corrected chi connectivity index (χ1v) is 10.3. The summed E-state index contributed by atoms with van der Waals surface area (Å²) in [6.07, 6.45) is 3.78. The smallest absolute Gasteiger partial charge is 0.192 e. The second-order valence-electron chi connectivity index (χ2n) is 6.41. The Labute approximate surface area is 133 Å². The molecule has 5 heteroatoms. The van der Waals surface area contributed by atoms with Crippen LogP contribution in [0.2, 0.25) is 23.2 Å². The standard InChI is InChI=1S/C16H24ClFO2Si/c1-16(2,3)21(4,5)20-12-7-6-11-19-14-10-8-9-13(18)15(14)17/h6-10H,11-12H2,1-5H3/b7-6-. The topological polar surface area (TPSA) is 18.5 Å². The highest BCUT2D eigenvalue weighted by Crippen LogP contribution is 2.36. The summed E-state index contributed by atoms with van der Waals surface area (Å²) in [5.41, 5.74) is 0. The number of benzene rings is 1. The summed E-state index contributed by atoms with van der Waals surface area (Å²) in [7, 11) is -1.71. The summed E-state index contributed by atoms with van der Waals surface area (Å²) in [6.45, 7) is 11.9. The molecule has 0 aliphatic heterocycles. The molecular weight excluding hydrogens is 307 g/mol. The van der Waals surface area contributed by atoms with Crippen LogP contribution >= 0.6 is 11.6 Å². The van der Waals surface area contributed by atoms with E-state index in [-0.39, 0.29) is 10.1 Å². The van der Waals surface area contributed by atoms with Gasteiger partial charge in [0, 0.05) is 0 Å². The van der Waals surface area contributed by atoms with Gasteiger partial charge in [0.25, 0.3) is 0 Å². The molecule has 0 atom stereocenters. The van der Waals surface area contributed by atoms with E-state index in [0.29, 0.717) is 19.0 Å². The molecule has 0 bridgehead atoms. The quantitative estimate of drug-likeness (QED) is 0.511. The van der Waals surface area contributed by atoms with Crippen LogP contribution in [0.1, 0.15) is 20.8 Å². The second kappa shape index (κ2) is 7.43. The molecule has 21 heavy (non-hydrogen) atoms. The molecule has 0 spiro atoms. The molecule has 0 aliphatic rings. The van der Waals surface area contributed by atoms with Crippen LogP contribution in [0.25, 0.3) is 0 Å². The number of ether oxygens (including phenoxy) is 1. The maximum Gasteiger partial charge on any atom is 0.192 e.